The fourth-order valence-corrected chi connectivity index (χ4v) is 3.64. The third kappa shape index (κ3) is 4.05. The summed E-state index contributed by atoms with van der Waals surface area (Å²) in [5.74, 6) is 1.32. The van der Waals surface area contributed by atoms with Crippen molar-refractivity contribution in [1.82, 2.24) is 24.3 Å². The molecule has 2 amide bonds. The zero-order chi connectivity index (χ0) is 21.3. The lowest BCUT2D eigenvalue weighted by Crippen LogP contribution is -2.37. The number of nitrogens with one attached hydrogen (secondary N) is 2. The van der Waals surface area contributed by atoms with E-state index in [1.807, 2.05) is 25.1 Å². The molecule has 2 aromatic rings. The highest BCUT2D eigenvalue weighted by Gasteiger charge is 2.31. The van der Waals surface area contributed by atoms with E-state index in [9.17, 15) is 4.79 Å². The number of hydrogen-bond acceptors (Lipinski definition) is 5. The quantitative estimate of drug-likeness (QED) is 0.517. The van der Waals surface area contributed by atoms with Gasteiger partial charge in [0.1, 0.15) is 11.5 Å². The van der Waals surface area contributed by atoms with E-state index < -0.39 is 0 Å². The molecular formula is C21H28N8O. The van der Waals surface area contributed by atoms with Crippen molar-refractivity contribution in [3.05, 3.63) is 42.1 Å². The van der Waals surface area contributed by atoms with Gasteiger partial charge in [-0.1, -0.05) is 6.07 Å². The average Bonchev–Trinajstić information content (AvgIpc) is 3.37. The van der Waals surface area contributed by atoms with Gasteiger partial charge in [0.2, 0.25) is 0 Å². The second kappa shape index (κ2) is 8.25. The predicted octanol–water partition coefficient (Wildman–Crippen LogP) is 2.74. The van der Waals surface area contributed by atoms with Crippen LogP contribution >= 0.6 is 0 Å². The Morgan fingerprint density at radius 3 is 2.80 bits per heavy atom. The van der Waals surface area contributed by atoms with Gasteiger partial charge in [-0.3, -0.25) is 15.7 Å². The molecule has 9 nitrogen and oxygen atoms in total. The number of urea groups is 1. The van der Waals surface area contributed by atoms with Crippen molar-refractivity contribution in [3.8, 4) is 0 Å². The number of imidazole rings is 1. The van der Waals surface area contributed by atoms with Crippen LogP contribution in [-0.2, 0) is 6.54 Å². The first-order chi connectivity index (χ1) is 14.5. The lowest BCUT2D eigenvalue weighted by atomic mass is 10.2. The SMILES string of the molecule is CC(C)N(C=N)C(=N)c1cccc(N2CCN(CCn3cnc(C4CC4)c3)C2=O)n1. The van der Waals surface area contributed by atoms with Crippen molar-refractivity contribution >= 4 is 24.0 Å². The maximum atomic E-state index is 12.9. The Hall–Kier alpha value is -3.23. The summed E-state index contributed by atoms with van der Waals surface area (Å²) in [5, 5.41) is 15.9. The average molecular weight is 409 g/mol. The third-order valence-corrected chi connectivity index (χ3v) is 5.58. The fraction of sp³-hybridized carbons (Fsp3) is 0.476. The van der Waals surface area contributed by atoms with Crippen LogP contribution in [0.15, 0.2) is 30.7 Å². The summed E-state index contributed by atoms with van der Waals surface area (Å²) < 4.78 is 2.06. The number of hydrogen-bond donors (Lipinski definition) is 2. The van der Waals surface area contributed by atoms with E-state index >= 15 is 0 Å². The number of anilines is 1. The minimum absolute atomic E-state index is 0.0204. The Morgan fingerprint density at radius 2 is 2.10 bits per heavy atom. The molecule has 0 bridgehead atoms. The molecule has 0 spiro atoms. The van der Waals surface area contributed by atoms with Crippen molar-refractivity contribution in [2.45, 2.75) is 45.2 Å². The van der Waals surface area contributed by atoms with Crippen LogP contribution in [0.4, 0.5) is 10.6 Å². The van der Waals surface area contributed by atoms with Crippen LogP contribution in [-0.4, -0.2) is 68.2 Å². The van der Waals surface area contributed by atoms with Crippen LogP contribution in [0.1, 0.15) is 44.0 Å². The van der Waals surface area contributed by atoms with E-state index in [4.69, 9.17) is 10.8 Å². The number of amides is 2. The third-order valence-electron chi connectivity index (χ3n) is 5.58. The molecule has 2 aliphatic rings. The molecule has 1 aliphatic heterocycles. The highest BCUT2D eigenvalue weighted by atomic mass is 16.2. The Balaban J connectivity index is 1.40. The first-order valence-electron chi connectivity index (χ1n) is 10.4. The van der Waals surface area contributed by atoms with E-state index in [0.717, 1.165) is 18.6 Å². The molecule has 0 aromatic carbocycles. The van der Waals surface area contributed by atoms with Gasteiger partial charge in [0.25, 0.3) is 0 Å². The highest BCUT2D eigenvalue weighted by Crippen LogP contribution is 2.38. The van der Waals surface area contributed by atoms with Gasteiger partial charge in [-0.15, -0.1) is 0 Å². The molecule has 3 heterocycles. The molecule has 0 atom stereocenters. The van der Waals surface area contributed by atoms with Crippen LogP contribution in [0.2, 0.25) is 0 Å². The predicted molar refractivity (Wildman–Crippen MR) is 115 cm³/mol. The van der Waals surface area contributed by atoms with Crippen molar-refractivity contribution < 1.29 is 4.79 Å². The number of nitrogens with zero attached hydrogens (tertiary/aromatic N) is 6. The van der Waals surface area contributed by atoms with Crippen molar-refractivity contribution in [1.29, 1.82) is 10.8 Å². The number of rotatable bonds is 8. The maximum Gasteiger partial charge on any atom is 0.325 e. The number of amidine groups is 1. The number of aromatic nitrogens is 3. The van der Waals surface area contributed by atoms with Gasteiger partial charge in [0.05, 0.1) is 18.4 Å². The number of carbonyl (C=O) groups excluding carboxylic acids is 1. The summed E-state index contributed by atoms with van der Waals surface area (Å²) in [6.07, 6.45) is 7.54. The van der Waals surface area contributed by atoms with Crippen LogP contribution in [0, 0.1) is 10.8 Å². The molecule has 30 heavy (non-hydrogen) atoms. The first kappa shape index (κ1) is 20.1. The molecule has 0 radical (unpaired) electrons. The van der Waals surface area contributed by atoms with Crippen LogP contribution in [0.3, 0.4) is 0 Å². The zero-order valence-corrected chi connectivity index (χ0v) is 17.5. The maximum absolute atomic E-state index is 12.9. The molecule has 0 unspecified atom stereocenters. The van der Waals surface area contributed by atoms with Gasteiger partial charge in [-0.25, -0.2) is 14.8 Å². The highest BCUT2D eigenvalue weighted by molar-refractivity contribution is 6.01. The zero-order valence-electron chi connectivity index (χ0n) is 17.5. The second-order valence-electron chi connectivity index (χ2n) is 8.09. The van der Waals surface area contributed by atoms with Crippen molar-refractivity contribution in [2.24, 2.45) is 0 Å². The molecule has 2 fully saturated rings. The first-order valence-corrected chi connectivity index (χ1v) is 10.4. The monoisotopic (exact) mass is 408 g/mol. The summed E-state index contributed by atoms with van der Waals surface area (Å²) in [5.41, 5.74) is 1.61. The largest absolute Gasteiger partial charge is 0.335 e. The normalized spacial score (nSPS) is 16.4. The van der Waals surface area contributed by atoms with E-state index in [0.29, 0.717) is 37.1 Å². The molecule has 1 saturated heterocycles. The fourth-order valence-electron chi connectivity index (χ4n) is 3.64. The van der Waals surface area contributed by atoms with E-state index in [-0.39, 0.29) is 17.9 Å². The van der Waals surface area contributed by atoms with Gasteiger partial charge >= 0.3 is 6.03 Å². The molecule has 158 valence electrons. The molecule has 2 aromatic heterocycles. The Labute approximate surface area is 176 Å². The molecule has 4 rings (SSSR count). The van der Waals surface area contributed by atoms with Gasteiger partial charge in [0, 0.05) is 44.3 Å². The molecule has 1 aliphatic carbocycles. The Morgan fingerprint density at radius 1 is 1.30 bits per heavy atom. The van der Waals surface area contributed by atoms with Crippen LogP contribution < -0.4 is 4.90 Å². The minimum Gasteiger partial charge on any atom is -0.335 e. The van der Waals surface area contributed by atoms with Crippen LogP contribution in [0.5, 0.6) is 0 Å². The minimum atomic E-state index is -0.0681. The topological polar surface area (TPSA) is 105 Å². The van der Waals surface area contributed by atoms with Crippen LogP contribution in [0.25, 0.3) is 0 Å². The van der Waals surface area contributed by atoms with Gasteiger partial charge in [-0.2, -0.15) is 0 Å². The van der Waals surface area contributed by atoms with E-state index in [1.165, 1.54) is 17.7 Å². The lowest BCUT2D eigenvalue weighted by molar-refractivity contribution is 0.218. The molecule has 9 heteroatoms. The lowest BCUT2D eigenvalue weighted by Gasteiger charge is -2.24. The van der Waals surface area contributed by atoms with Crippen molar-refractivity contribution in [3.63, 3.8) is 0 Å². The molecular weight excluding hydrogens is 380 g/mol. The summed E-state index contributed by atoms with van der Waals surface area (Å²) >= 11 is 0. The van der Waals surface area contributed by atoms with E-state index in [2.05, 4.69) is 20.7 Å². The summed E-state index contributed by atoms with van der Waals surface area (Å²) in [4.78, 5) is 26.9. The van der Waals surface area contributed by atoms with Crippen molar-refractivity contribution in [2.75, 3.05) is 24.5 Å². The standard InChI is InChI=1S/C21H28N8O/c1-15(2)29(13-22)20(23)17-4-3-5-19(25-17)28-11-10-27(21(28)30)9-8-26-12-18(24-14-26)16-6-7-16/h3-5,12-16,22-23H,6-11H2,1-2H3. The number of pyridine rings is 1. The second-order valence-corrected chi connectivity index (χ2v) is 8.09. The van der Waals surface area contributed by atoms with E-state index in [1.54, 1.807) is 23.1 Å². The smallest absolute Gasteiger partial charge is 0.325 e. The summed E-state index contributed by atoms with van der Waals surface area (Å²) in [7, 11) is 0. The number of carbonyl (C=O) groups is 1. The Kier molecular flexibility index (Phi) is 5.52. The van der Waals surface area contributed by atoms with Gasteiger partial charge in [-0.05, 0) is 38.8 Å². The molecule has 1 saturated carbocycles. The van der Waals surface area contributed by atoms with Gasteiger partial charge < -0.3 is 14.4 Å². The summed E-state index contributed by atoms with van der Waals surface area (Å²) in [6, 6.07) is 5.24. The molecule has 2 N–H and O–H groups in total. The van der Waals surface area contributed by atoms with Gasteiger partial charge in [0.15, 0.2) is 5.84 Å². The summed E-state index contributed by atoms with van der Waals surface area (Å²) in [6.45, 7) is 6.39. The Bertz CT molecular complexity index is 948.